The Labute approximate surface area is 298 Å². The molecule has 0 atom stereocenters. The fraction of sp³-hybridized carbons (Fsp3) is 0. The van der Waals surface area contributed by atoms with Crippen molar-refractivity contribution in [3.8, 4) is 33.6 Å². The molecule has 0 aliphatic heterocycles. The summed E-state index contributed by atoms with van der Waals surface area (Å²) >= 11 is 1.86. The van der Waals surface area contributed by atoms with E-state index in [9.17, 15) is 0 Å². The summed E-state index contributed by atoms with van der Waals surface area (Å²) < 4.78 is 7.45. The van der Waals surface area contributed by atoms with E-state index in [1.165, 1.54) is 91.7 Å². The molecule has 238 valence electrons. The molecule has 0 saturated heterocycles. The van der Waals surface area contributed by atoms with Gasteiger partial charge in [0.15, 0.2) is 0 Å². The van der Waals surface area contributed by atoms with E-state index in [0.717, 1.165) is 5.69 Å². The summed E-state index contributed by atoms with van der Waals surface area (Å²) in [4.78, 5) is 0. The van der Waals surface area contributed by atoms with Gasteiger partial charge in [-0.2, -0.15) is 0 Å². The first-order valence-electron chi connectivity index (χ1n) is 17.4. The van der Waals surface area contributed by atoms with Gasteiger partial charge in [-0.1, -0.05) is 103 Å². The van der Waals surface area contributed by atoms with Gasteiger partial charge in [0, 0.05) is 53.1 Å². The lowest BCUT2D eigenvalue weighted by atomic mass is 10.0. The van der Waals surface area contributed by atoms with E-state index in [2.05, 4.69) is 191 Å². The second-order valence-corrected chi connectivity index (χ2v) is 14.4. The number of para-hydroxylation sites is 3. The van der Waals surface area contributed by atoms with Gasteiger partial charge in [0.05, 0.1) is 22.1 Å². The van der Waals surface area contributed by atoms with Gasteiger partial charge in [0.25, 0.3) is 0 Å². The number of fused-ring (bicyclic) bond motifs is 9. The first-order valence-corrected chi connectivity index (χ1v) is 18.2. The SMILES string of the molecule is c1ccc(-n2c3ccccc3c3cc(-c4ccc5c(c4)c4ccccc4n5-c4ccc(-c5ccc6sc7ccccc7c6c5)cc4)ccc32)cc1. The van der Waals surface area contributed by atoms with Crippen molar-refractivity contribution in [3.05, 3.63) is 182 Å². The summed E-state index contributed by atoms with van der Waals surface area (Å²) in [6.07, 6.45) is 0. The molecule has 2 nitrogen and oxygen atoms in total. The van der Waals surface area contributed by atoms with Crippen LogP contribution in [-0.4, -0.2) is 9.13 Å². The number of rotatable bonds is 4. The van der Waals surface area contributed by atoms with Crippen molar-refractivity contribution in [2.24, 2.45) is 0 Å². The third-order valence-electron chi connectivity index (χ3n) is 10.5. The molecule has 0 radical (unpaired) electrons. The fourth-order valence-corrected chi connectivity index (χ4v) is 9.23. The van der Waals surface area contributed by atoms with Gasteiger partial charge in [-0.05, 0) is 101 Å². The molecule has 0 aliphatic rings. The van der Waals surface area contributed by atoms with Gasteiger partial charge in [0.2, 0.25) is 0 Å². The maximum Gasteiger partial charge on any atom is 0.0541 e. The lowest BCUT2D eigenvalue weighted by Crippen LogP contribution is -1.94. The molecule has 8 aromatic carbocycles. The van der Waals surface area contributed by atoms with Crippen LogP contribution in [0.15, 0.2) is 182 Å². The first kappa shape index (κ1) is 28.4. The monoisotopic (exact) mass is 666 g/mol. The second kappa shape index (κ2) is 11.0. The third-order valence-corrected chi connectivity index (χ3v) is 11.7. The Morgan fingerprint density at radius 2 is 0.706 bits per heavy atom. The second-order valence-electron chi connectivity index (χ2n) is 13.4. The Hall–Kier alpha value is -6.42. The van der Waals surface area contributed by atoms with Gasteiger partial charge in [-0.3, -0.25) is 0 Å². The van der Waals surface area contributed by atoms with Crippen molar-refractivity contribution < 1.29 is 0 Å². The average Bonchev–Trinajstić information content (AvgIpc) is 3.85. The number of hydrogen-bond donors (Lipinski definition) is 0. The highest BCUT2D eigenvalue weighted by molar-refractivity contribution is 7.25. The maximum atomic E-state index is 2.41. The number of thiophene rings is 1. The third kappa shape index (κ3) is 4.35. The van der Waals surface area contributed by atoms with Gasteiger partial charge >= 0.3 is 0 Å². The van der Waals surface area contributed by atoms with Crippen molar-refractivity contribution in [2.75, 3.05) is 0 Å². The minimum absolute atomic E-state index is 1.16. The molecule has 0 spiro atoms. The highest BCUT2D eigenvalue weighted by Crippen LogP contribution is 2.40. The smallest absolute Gasteiger partial charge is 0.0541 e. The van der Waals surface area contributed by atoms with E-state index in [4.69, 9.17) is 0 Å². The van der Waals surface area contributed by atoms with Crippen LogP contribution in [0.2, 0.25) is 0 Å². The molecule has 11 aromatic rings. The van der Waals surface area contributed by atoms with Crippen molar-refractivity contribution in [1.82, 2.24) is 9.13 Å². The van der Waals surface area contributed by atoms with E-state index < -0.39 is 0 Å². The van der Waals surface area contributed by atoms with Gasteiger partial charge < -0.3 is 9.13 Å². The van der Waals surface area contributed by atoms with Crippen LogP contribution in [-0.2, 0) is 0 Å². The van der Waals surface area contributed by atoms with Crippen molar-refractivity contribution in [3.63, 3.8) is 0 Å². The van der Waals surface area contributed by atoms with Crippen LogP contribution in [0.3, 0.4) is 0 Å². The van der Waals surface area contributed by atoms with Crippen LogP contribution in [0.1, 0.15) is 0 Å². The number of nitrogens with zero attached hydrogens (tertiary/aromatic N) is 2. The Balaban J connectivity index is 1.02. The Bertz CT molecular complexity index is 3120. The highest BCUT2D eigenvalue weighted by Gasteiger charge is 2.16. The molecule has 3 aromatic heterocycles. The summed E-state index contributed by atoms with van der Waals surface area (Å²) in [5.74, 6) is 0. The molecule has 0 fully saturated rings. The fourth-order valence-electron chi connectivity index (χ4n) is 8.15. The summed E-state index contributed by atoms with van der Waals surface area (Å²) in [7, 11) is 0. The lowest BCUT2D eigenvalue weighted by molar-refractivity contribution is 1.18. The lowest BCUT2D eigenvalue weighted by Gasteiger charge is -2.10. The zero-order chi connectivity index (χ0) is 33.5. The van der Waals surface area contributed by atoms with E-state index in [1.54, 1.807) is 0 Å². The Kier molecular flexibility index (Phi) is 6.16. The molecule has 11 rings (SSSR count). The van der Waals surface area contributed by atoms with Crippen molar-refractivity contribution in [2.45, 2.75) is 0 Å². The van der Waals surface area contributed by atoms with E-state index in [0.29, 0.717) is 0 Å². The van der Waals surface area contributed by atoms with Crippen LogP contribution < -0.4 is 0 Å². The molecule has 0 bridgehead atoms. The molecule has 3 heteroatoms. The zero-order valence-electron chi connectivity index (χ0n) is 27.6. The van der Waals surface area contributed by atoms with Crippen LogP contribution in [0.4, 0.5) is 0 Å². The highest BCUT2D eigenvalue weighted by atomic mass is 32.1. The molecular formula is C48H30N2S. The van der Waals surface area contributed by atoms with Gasteiger partial charge in [-0.25, -0.2) is 0 Å². The predicted molar refractivity (Wildman–Crippen MR) is 219 cm³/mol. The molecule has 0 saturated carbocycles. The van der Waals surface area contributed by atoms with Crippen LogP contribution >= 0.6 is 11.3 Å². The minimum Gasteiger partial charge on any atom is -0.309 e. The van der Waals surface area contributed by atoms with Crippen molar-refractivity contribution in [1.29, 1.82) is 0 Å². The van der Waals surface area contributed by atoms with Gasteiger partial charge in [-0.15, -0.1) is 11.3 Å². The molecule has 0 N–H and O–H groups in total. The number of benzene rings is 8. The van der Waals surface area contributed by atoms with E-state index in [-0.39, 0.29) is 0 Å². The normalized spacial score (nSPS) is 11.9. The Morgan fingerprint density at radius 1 is 0.275 bits per heavy atom. The standard InChI is InChI=1S/C48H30N2S/c1-2-10-35(11-3-1)49-43-15-7-4-12-37(43)40-28-33(20-25-45(40)49)34-21-26-46-41(29-34)38-13-5-8-16-44(38)50(46)36-23-18-31(19-24-36)32-22-27-48-42(30-32)39-14-6-9-17-47(39)51-48/h1-30H. The molecule has 51 heavy (non-hydrogen) atoms. The zero-order valence-corrected chi connectivity index (χ0v) is 28.4. The quantitative estimate of drug-likeness (QED) is 0.177. The van der Waals surface area contributed by atoms with E-state index in [1.807, 2.05) is 11.3 Å². The summed E-state index contributed by atoms with van der Waals surface area (Å²) in [5, 5.41) is 7.71. The van der Waals surface area contributed by atoms with Crippen LogP contribution in [0.5, 0.6) is 0 Å². The minimum atomic E-state index is 1.16. The molecule has 0 amide bonds. The number of aromatic nitrogens is 2. The predicted octanol–water partition coefficient (Wildman–Crippen LogP) is 13.6. The molecule has 0 unspecified atom stereocenters. The first-order chi connectivity index (χ1) is 25.3. The van der Waals surface area contributed by atoms with Gasteiger partial charge in [0.1, 0.15) is 0 Å². The molecular weight excluding hydrogens is 637 g/mol. The van der Waals surface area contributed by atoms with Crippen LogP contribution in [0.25, 0.3) is 97.4 Å². The summed E-state index contributed by atoms with van der Waals surface area (Å²) in [6.45, 7) is 0. The molecule has 3 heterocycles. The molecule has 0 aliphatic carbocycles. The Morgan fingerprint density at radius 3 is 1.35 bits per heavy atom. The number of hydrogen-bond acceptors (Lipinski definition) is 1. The average molecular weight is 667 g/mol. The van der Waals surface area contributed by atoms with E-state index >= 15 is 0 Å². The van der Waals surface area contributed by atoms with Crippen LogP contribution in [0, 0.1) is 0 Å². The largest absolute Gasteiger partial charge is 0.309 e. The topological polar surface area (TPSA) is 9.86 Å². The van der Waals surface area contributed by atoms with Crippen molar-refractivity contribution >= 4 is 75.1 Å². The summed E-state index contributed by atoms with van der Waals surface area (Å²) in [6, 6.07) is 66.7. The maximum absolute atomic E-state index is 2.41. The summed E-state index contributed by atoms with van der Waals surface area (Å²) in [5.41, 5.74) is 12.1.